The van der Waals surface area contributed by atoms with Crippen molar-refractivity contribution in [3.63, 3.8) is 0 Å². The zero-order chi connectivity index (χ0) is 9.52. The van der Waals surface area contributed by atoms with Crippen LogP contribution in [0.3, 0.4) is 0 Å². The molecular weight excluding hydrogens is 162 g/mol. The summed E-state index contributed by atoms with van der Waals surface area (Å²) in [7, 11) is 0. The molecule has 0 aliphatic heterocycles. The van der Waals surface area contributed by atoms with Crippen LogP contribution in [0.1, 0.15) is 24.3 Å². The molecule has 1 rings (SSSR count). The van der Waals surface area contributed by atoms with Gasteiger partial charge in [0.2, 0.25) is 0 Å². The Kier molecular flexibility index (Phi) is 4.43. The molecule has 0 unspecified atom stereocenters. The molecular formula is C10H17N3. The lowest BCUT2D eigenvalue weighted by Gasteiger charge is -2.14. The molecule has 0 spiro atoms. The molecule has 3 nitrogen and oxygen atoms in total. The predicted octanol–water partition coefficient (Wildman–Crippen LogP) is 0.863. The molecule has 1 heterocycles. The quantitative estimate of drug-likeness (QED) is 0.704. The highest BCUT2D eigenvalue weighted by molar-refractivity contribution is 5.15. The number of rotatable bonds is 5. The van der Waals surface area contributed by atoms with E-state index in [0.717, 1.165) is 12.8 Å². The molecule has 0 saturated heterocycles. The number of hydrogen-bond donors (Lipinski definition) is 2. The van der Waals surface area contributed by atoms with Crippen LogP contribution in [-0.4, -0.2) is 18.1 Å². The molecule has 4 N–H and O–H groups in total. The summed E-state index contributed by atoms with van der Waals surface area (Å²) in [4.78, 5) is 3.99. The molecule has 0 bridgehead atoms. The first-order valence-corrected chi connectivity index (χ1v) is 4.68. The molecule has 13 heavy (non-hydrogen) atoms. The topological polar surface area (TPSA) is 64.9 Å². The van der Waals surface area contributed by atoms with Gasteiger partial charge in [-0.05, 0) is 49.5 Å². The van der Waals surface area contributed by atoms with Crippen LogP contribution < -0.4 is 11.5 Å². The highest BCUT2D eigenvalue weighted by Gasteiger charge is 2.08. The van der Waals surface area contributed by atoms with Crippen LogP contribution in [0.2, 0.25) is 0 Å². The van der Waals surface area contributed by atoms with Crippen LogP contribution in [-0.2, 0) is 0 Å². The van der Waals surface area contributed by atoms with Crippen LogP contribution in [0.4, 0.5) is 0 Å². The van der Waals surface area contributed by atoms with Gasteiger partial charge in [0.1, 0.15) is 0 Å². The lowest BCUT2D eigenvalue weighted by atomic mass is 9.93. The van der Waals surface area contributed by atoms with E-state index in [1.165, 1.54) is 5.56 Å². The average molecular weight is 179 g/mol. The second kappa shape index (κ2) is 5.67. The Morgan fingerprint density at radius 1 is 1.08 bits per heavy atom. The zero-order valence-corrected chi connectivity index (χ0v) is 7.82. The second-order valence-corrected chi connectivity index (χ2v) is 3.13. The summed E-state index contributed by atoms with van der Waals surface area (Å²) in [6, 6.07) is 4.08. The highest BCUT2D eigenvalue weighted by Crippen LogP contribution is 2.21. The van der Waals surface area contributed by atoms with Gasteiger partial charge >= 0.3 is 0 Å². The molecule has 1 aromatic rings. The Hall–Kier alpha value is -0.930. The molecule has 0 fully saturated rings. The smallest absolute Gasteiger partial charge is 0.0270 e. The van der Waals surface area contributed by atoms with Crippen LogP contribution in [0.15, 0.2) is 24.5 Å². The lowest BCUT2D eigenvalue weighted by molar-refractivity contribution is 0.591. The maximum atomic E-state index is 5.54. The Bertz CT molecular complexity index is 217. The van der Waals surface area contributed by atoms with Gasteiger partial charge in [0.05, 0.1) is 0 Å². The van der Waals surface area contributed by atoms with E-state index in [1.54, 1.807) is 0 Å². The van der Waals surface area contributed by atoms with Crippen molar-refractivity contribution >= 4 is 0 Å². The van der Waals surface area contributed by atoms with E-state index in [-0.39, 0.29) is 0 Å². The minimum atomic E-state index is 0.498. The fraction of sp³-hybridized carbons (Fsp3) is 0.500. The third-order valence-electron chi connectivity index (χ3n) is 2.21. The summed E-state index contributed by atoms with van der Waals surface area (Å²) in [6.07, 6.45) is 5.63. The van der Waals surface area contributed by atoms with E-state index in [0.29, 0.717) is 19.0 Å². The van der Waals surface area contributed by atoms with Crippen molar-refractivity contribution in [2.75, 3.05) is 13.1 Å². The fourth-order valence-corrected chi connectivity index (χ4v) is 1.52. The zero-order valence-electron chi connectivity index (χ0n) is 7.82. The molecule has 0 aromatic carbocycles. The summed E-state index contributed by atoms with van der Waals surface area (Å²) in [5, 5.41) is 0. The van der Waals surface area contributed by atoms with Gasteiger partial charge in [0.25, 0.3) is 0 Å². The van der Waals surface area contributed by atoms with E-state index >= 15 is 0 Å². The predicted molar refractivity (Wildman–Crippen MR) is 54.3 cm³/mol. The van der Waals surface area contributed by atoms with E-state index in [2.05, 4.69) is 4.98 Å². The SMILES string of the molecule is NCCC(CCN)c1ccncc1. The number of aromatic nitrogens is 1. The van der Waals surface area contributed by atoms with Crippen molar-refractivity contribution in [2.24, 2.45) is 11.5 Å². The van der Waals surface area contributed by atoms with E-state index in [9.17, 15) is 0 Å². The molecule has 0 aliphatic rings. The molecule has 0 aliphatic carbocycles. The largest absolute Gasteiger partial charge is 0.330 e. The van der Waals surface area contributed by atoms with Gasteiger partial charge in [-0.2, -0.15) is 0 Å². The number of nitrogens with zero attached hydrogens (tertiary/aromatic N) is 1. The number of pyridine rings is 1. The van der Waals surface area contributed by atoms with Gasteiger partial charge in [-0.1, -0.05) is 0 Å². The van der Waals surface area contributed by atoms with Crippen molar-refractivity contribution in [1.82, 2.24) is 4.98 Å². The standard InChI is InChI=1S/C10H17N3/c11-5-1-9(2-6-12)10-3-7-13-8-4-10/h3-4,7-9H,1-2,5-6,11-12H2. The van der Waals surface area contributed by atoms with Crippen molar-refractivity contribution in [3.8, 4) is 0 Å². The second-order valence-electron chi connectivity index (χ2n) is 3.13. The summed E-state index contributed by atoms with van der Waals surface area (Å²) in [5.41, 5.74) is 12.4. The molecule has 72 valence electrons. The minimum Gasteiger partial charge on any atom is -0.330 e. The minimum absolute atomic E-state index is 0.498. The molecule has 0 radical (unpaired) electrons. The van der Waals surface area contributed by atoms with E-state index in [4.69, 9.17) is 11.5 Å². The van der Waals surface area contributed by atoms with Gasteiger partial charge in [0, 0.05) is 12.4 Å². The van der Waals surface area contributed by atoms with Crippen molar-refractivity contribution in [1.29, 1.82) is 0 Å². The number of hydrogen-bond acceptors (Lipinski definition) is 3. The van der Waals surface area contributed by atoms with Crippen molar-refractivity contribution in [2.45, 2.75) is 18.8 Å². The molecule has 0 atom stereocenters. The Morgan fingerprint density at radius 3 is 2.08 bits per heavy atom. The summed E-state index contributed by atoms with van der Waals surface area (Å²) in [6.45, 7) is 1.43. The van der Waals surface area contributed by atoms with Gasteiger partial charge in [0.15, 0.2) is 0 Å². The lowest BCUT2D eigenvalue weighted by Crippen LogP contribution is -2.12. The van der Waals surface area contributed by atoms with Gasteiger partial charge in [-0.3, -0.25) is 4.98 Å². The molecule has 3 heteroatoms. The van der Waals surface area contributed by atoms with Crippen LogP contribution in [0.5, 0.6) is 0 Å². The summed E-state index contributed by atoms with van der Waals surface area (Å²) < 4.78 is 0. The fourth-order valence-electron chi connectivity index (χ4n) is 1.52. The summed E-state index contributed by atoms with van der Waals surface area (Å²) >= 11 is 0. The Morgan fingerprint density at radius 2 is 1.62 bits per heavy atom. The molecule has 1 aromatic heterocycles. The Labute approximate surface area is 79.2 Å². The summed E-state index contributed by atoms with van der Waals surface area (Å²) in [5.74, 6) is 0.498. The normalized spacial score (nSPS) is 10.7. The van der Waals surface area contributed by atoms with Crippen LogP contribution in [0.25, 0.3) is 0 Å². The van der Waals surface area contributed by atoms with E-state index in [1.807, 2.05) is 24.5 Å². The Balaban J connectivity index is 2.64. The first-order valence-electron chi connectivity index (χ1n) is 4.68. The van der Waals surface area contributed by atoms with Crippen molar-refractivity contribution < 1.29 is 0 Å². The average Bonchev–Trinajstić information content (AvgIpc) is 2.19. The van der Waals surface area contributed by atoms with Gasteiger partial charge in [-0.15, -0.1) is 0 Å². The van der Waals surface area contributed by atoms with Gasteiger partial charge in [-0.25, -0.2) is 0 Å². The monoisotopic (exact) mass is 179 g/mol. The number of nitrogens with two attached hydrogens (primary N) is 2. The highest BCUT2D eigenvalue weighted by atomic mass is 14.6. The van der Waals surface area contributed by atoms with Gasteiger partial charge < -0.3 is 11.5 Å². The van der Waals surface area contributed by atoms with E-state index < -0.39 is 0 Å². The third-order valence-corrected chi connectivity index (χ3v) is 2.21. The van der Waals surface area contributed by atoms with Crippen LogP contribution >= 0.6 is 0 Å². The molecule has 0 amide bonds. The van der Waals surface area contributed by atoms with Crippen LogP contribution in [0, 0.1) is 0 Å². The first-order chi connectivity index (χ1) is 6.38. The first kappa shape index (κ1) is 10.2. The molecule has 0 saturated carbocycles. The maximum Gasteiger partial charge on any atom is 0.0270 e. The third kappa shape index (κ3) is 3.13. The van der Waals surface area contributed by atoms with Crippen molar-refractivity contribution in [3.05, 3.63) is 30.1 Å². The maximum absolute atomic E-state index is 5.54.